The monoisotopic (exact) mass is 293 g/mol. The summed E-state index contributed by atoms with van der Waals surface area (Å²) >= 11 is 5.04. The van der Waals surface area contributed by atoms with Crippen LogP contribution in [0.3, 0.4) is 0 Å². The Hall–Kier alpha value is -0.760. The van der Waals surface area contributed by atoms with Crippen molar-refractivity contribution in [1.82, 2.24) is 0 Å². The van der Waals surface area contributed by atoms with Gasteiger partial charge in [0.05, 0.1) is 6.61 Å². The molecule has 1 radical (unpaired) electrons. The van der Waals surface area contributed by atoms with E-state index in [-0.39, 0.29) is 0 Å². The van der Waals surface area contributed by atoms with Gasteiger partial charge in [-0.2, -0.15) is 0 Å². The molecule has 0 heterocycles. The van der Waals surface area contributed by atoms with Gasteiger partial charge in [0, 0.05) is 4.90 Å². The zero-order valence-corrected chi connectivity index (χ0v) is 13.7. The highest BCUT2D eigenvalue weighted by Gasteiger charge is 1.95. The van der Waals surface area contributed by atoms with Gasteiger partial charge < -0.3 is 4.74 Å². The molecule has 1 rings (SSSR count). The Labute approximate surface area is 130 Å². The summed E-state index contributed by atoms with van der Waals surface area (Å²) in [7, 11) is 0. The Kier molecular flexibility index (Phi) is 10.4. The SMILES string of the molecule is CCCCCCCCCCCCOc1ccc([S])cc1. The Morgan fingerprint density at radius 1 is 0.750 bits per heavy atom. The van der Waals surface area contributed by atoms with Crippen molar-refractivity contribution in [3.63, 3.8) is 0 Å². The summed E-state index contributed by atoms with van der Waals surface area (Å²) in [6.07, 6.45) is 13.6. The lowest BCUT2D eigenvalue weighted by Gasteiger charge is -2.06. The smallest absolute Gasteiger partial charge is 0.119 e. The van der Waals surface area contributed by atoms with Crippen LogP contribution >= 0.6 is 12.6 Å². The minimum absolute atomic E-state index is 0.827. The zero-order valence-electron chi connectivity index (χ0n) is 12.9. The maximum absolute atomic E-state index is 5.69. The van der Waals surface area contributed by atoms with Gasteiger partial charge in [-0.1, -0.05) is 77.3 Å². The maximum Gasteiger partial charge on any atom is 0.119 e. The van der Waals surface area contributed by atoms with Crippen LogP contribution < -0.4 is 4.74 Å². The fourth-order valence-corrected chi connectivity index (χ4v) is 2.45. The van der Waals surface area contributed by atoms with Crippen molar-refractivity contribution in [2.24, 2.45) is 0 Å². The summed E-state index contributed by atoms with van der Waals surface area (Å²) in [6, 6.07) is 7.75. The molecule has 0 aliphatic carbocycles. The van der Waals surface area contributed by atoms with E-state index in [0.717, 1.165) is 23.7 Å². The second-order valence-corrected chi connectivity index (χ2v) is 5.97. The lowest BCUT2D eigenvalue weighted by atomic mass is 10.1. The number of rotatable bonds is 12. The number of benzene rings is 1. The fourth-order valence-electron chi connectivity index (χ4n) is 2.32. The number of unbranched alkanes of at least 4 members (excludes halogenated alkanes) is 9. The molecule has 20 heavy (non-hydrogen) atoms. The van der Waals surface area contributed by atoms with Crippen molar-refractivity contribution in [1.29, 1.82) is 0 Å². The molecule has 0 saturated carbocycles. The molecule has 0 aliphatic heterocycles. The molecule has 0 unspecified atom stereocenters. The summed E-state index contributed by atoms with van der Waals surface area (Å²) in [4.78, 5) is 0.872. The number of hydrogen-bond acceptors (Lipinski definition) is 1. The predicted molar refractivity (Wildman–Crippen MR) is 89.6 cm³/mol. The van der Waals surface area contributed by atoms with Crippen molar-refractivity contribution in [3.05, 3.63) is 24.3 Å². The van der Waals surface area contributed by atoms with E-state index < -0.39 is 0 Å². The van der Waals surface area contributed by atoms with Crippen LogP contribution in [0.2, 0.25) is 0 Å². The molecule has 0 amide bonds. The summed E-state index contributed by atoms with van der Waals surface area (Å²) in [6.45, 7) is 3.10. The van der Waals surface area contributed by atoms with Crippen LogP contribution in [-0.4, -0.2) is 6.61 Å². The molecule has 0 atom stereocenters. The van der Waals surface area contributed by atoms with Gasteiger partial charge in [0.1, 0.15) is 5.75 Å². The van der Waals surface area contributed by atoms with E-state index in [4.69, 9.17) is 17.4 Å². The zero-order chi connectivity index (χ0) is 14.5. The van der Waals surface area contributed by atoms with Gasteiger partial charge in [-0.3, -0.25) is 0 Å². The van der Waals surface area contributed by atoms with E-state index in [1.165, 1.54) is 57.8 Å². The van der Waals surface area contributed by atoms with E-state index in [0.29, 0.717) is 0 Å². The first kappa shape index (κ1) is 17.3. The van der Waals surface area contributed by atoms with Crippen LogP contribution in [0.4, 0.5) is 0 Å². The molecular weight excluding hydrogens is 264 g/mol. The quantitative estimate of drug-likeness (QED) is 0.397. The lowest BCUT2D eigenvalue weighted by Crippen LogP contribution is -1.97. The van der Waals surface area contributed by atoms with Gasteiger partial charge in [0.2, 0.25) is 0 Å². The Morgan fingerprint density at radius 2 is 1.25 bits per heavy atom. The molecule has 1 aromatic carbocycles. The van der Waals surface area contributed by atoms with Gasteiger partial charge in [-0.05, 0) is 30.7 Å². The normalized spacial score (nSPS) is 10.7. The first-order valence-corrected chi connectivity index (χ1v) is 8.63. The molecule has 1 aromatic rings. The van der Waals surface area contributed by atoms with Gasteiger partial charge in [-0.25, -0.2) is 0 Å². The fraction of sp³-hybridized carbons (Fsp3) is 0.667. The van der Waals surface area contributed by atoms with Gasteiger partial charge in [0.15, 0.2) is 0 Å². The van der Waals surface area contributed by atoms with Crippen LogP contribution in [0.15, 0.2) is 29.2 Å². The molecular formula is C18H29OS. The van der Waals surface area contributed by atoms with Crippen molar-refractivity contribution in [3.8, 4) is 5.75 Å². The Bertz CT molecular complexity index is 321. The standard InChI is InChI=1S/C18H29OS/c1-2-3-4-5-6-7-8-9-10-11-16-19-17-12-14-18(20)15-13-17/h12-15H,2-11,16H2,1H3. The van der Waals surface area contributed by atoms with Crippen molar-refractivity contribution >= 4 is 12.6 Å². The van der Waals surface area contributed by atoms with E-state index in [2.05, 4.69) is 6.92 Å². The first-order valence-electron chi connectivity index (χ1n) is 8.23. The minimum atomic E-state index is 0.827. The topological polar surface area (TPSA) is 9.23 Å². The average Bonchev–Trinajstić information content (AvgIpc) is 2.47. The van der Waals surface area contributed by atoms with Gasteiger partial charge in [0.25, 0.3) is 0 Å². The van der Waals surface area contributed by atoms with Crippen LogP contribution in [0.25, 0.3) is 0 Å². The summed E-state index contributed by atoms with van der Waals surface area (Å²) in [5, 5.41) is 0. The Morgan fingerprint density at radius 3 is 1.80 bits per heavy atom. The van der Waals surface area contributed by atoms with Crippen LogP contribution in [0.5, 0.6) is 5.75 Å². The highest BCUT2D eigenvalue weighted by Crippen LogP contribution is 2.15. The molecule has 0 spiro atoms. The molecule has 0 N–H and O–H groups in total. The highest BCUT2D eigenvalue weighted by molar-refractivity contribution is 7.80. The van der Waals surface area contributed by atoms with Crippen molar-refractivity contribution in [2.45, 2.75) is 76.0 Å². The summed E-state index contributed by atoms with van der Waals surface area (Å²) < 4.78 is 5.69. The maximum atomic E-state index is 5.69. The number of ether oxygens (including phenoxy) is 1. The average molecular weight is 293 g/mol. The minimum Gasteiger partial charge on any atom is -0.494 e. The van der Waals surface area contributed by atoms with Crippen LogP contribution in [0, 0.1) is 0 Å². The molecule has 0 aromatic heterocycles. The molecule has 113 valence electrons. The molecule has 0 fully saturated rings. The molecule has 0 bridgehead atoms. The molecule has 0 saturated heterocycles. The van der Waals surface area contributed by atoms with Crippen molar-refractivity contribution in [2.75, 3.05) is 6.61 Å². The van der Waals surface area contributed by atoms with E-state index in [1.807, 2.05) is 24.3 Å². The second kappa shape index (κ2) is 12.0. The van der Waals surface area contributed by atoms with Gasteiger partial charge >= 0.3 is 0 Å². The third-order valence-corrected chi connectivity index (χ3v) is 3.86. The largest absolute Gasteiger partial charge is 0.494 e. The Balaban J connectivity index is 1.84. The summed E-state index contributed by atoms with van der Waals surface area (Å²) in [5.41, 5.74) is 0. The van der Waals surface area contributed by atoms with E-state index in [1.54, 1.807) is 0 Å². The van der Waals surface area contributed by atoms with Crippen molar-refractivity contribution < 1.29 is 4.74 Å². The van der Waals surface area contributed by atoms with Gasteiger partial charge in [-0.15, -0.1) is 0 Å². The first-order chi connectivity index (χ1) is 9.83. The lowest BCUT2D eigenvalue weighted by molar-refractivity contribution is 0.304. The number of hydrogen-bond donors (Lipinski definition) is 0. The molecule has 1 nitrogen and oxygen atoms in total. The summed E-state index contributed by atoms with van der Waals surface area (Å²) in [5.74, 6) is 0.939. The van der Waals surface area contributed by atoms with E-state index >= 15 is 0 Å². The van der Waals surface area contributed by atoms with Crippen LogP contribution in [0.1, 0.15) is 71.1 Å². The molecule has 2 heteroatoms. The van der Waals surface area contributed by atoms with E-state index in [9.17, 15) is 0 Å². The highest BCUT2D eigenvalue weighted by atomic mass is 32.1. The molecule has 0 aliphatic rings. The van der Waals surface area contributed by atoms with Crippen LogP contribution in [-0.2, 0) is 0 Å². The third kappa shape index (κ3) is 9.19. The second-order valence-electron chi connectivity index (χ2n) is 5.50. The predicted octanol–water partition coefficient (Wildman–Crippen LogP) is 6.54. The third-order valence-electron chi connectivity index (χ3n) is 3.59.